The molecule has 0 amide bonds. The average molecular weight is 223 g/mol. The lowest BCUT2D eigenvalue weighted by molar-refractivity contribution is 1.46. The van der Waals surface area contributed by atoms with Gasteiger partial charge in [-0.3, -0.25) is 0 Å². The summed E-state index contributed by atoms with van der Waals surface area (Å²) >= 11 is 0. The highest BCUT2D eigenvalue weighted by Gasteiger charge is 1.97. The molecule has 0 fully saturated rings. The molecule has 0 aliphatic heterocycles. The predicted molar refractivity (Wildman–Crippen MR) is 70.4 cm³/mol. The molecule has 0 saturated carbocycles. The number of anilines is 3. The van der Waals surface area contributed by atoms with Crippen molar-refractivity contribution < 1.29 is 0 Å². The van der Waals surface area contributed by atoms with Gasteiger partial charge in [0, 0.05) is 24.1 Å². The fraction of sp³-hybridized carbons (Fsp3) is 0.0714. The highest BCUT2D eigenvalue weighted by Crippen LogP contribution is 2.20. The first kappa shape index (κ1) is 11.0. The molecule has 0 bridgehead atoms. The molecular weight excluding hydrogens is 210 g/mol. The minimum absolute atomic E-state index is 0.653. The van der Waals surface area contributed by atoms with Crippen LogP contribution in [-0.2, 0) is 0 Å². The molecule has 3 nitrogen and oxygen atoms in total. The molecule has 0 heterocycles. The second-order valence-electron chi connectivity index (χ2n) is 3.65. The first-order valence-corrected chi connectivity index (χ1v) is 5.37. The molecule has 2 N–H and O–H groups in total. The van der Waals surface area contributed by atoms with E-state index < -0.39 is 0 Å². The quantitative estimate of drug-likeness (QED) is 0.838. The Morgan fingerprint density at radius 1 is 0.941 bits per heavy atom. The Morgan fingerprint density at radius 3 is 2.29 bits per heavy atom. The number of hydrogen-bond donors (Lipinski definition) is 2. The minimum atomic E-state index is 0.653. The second kappa shape index (κ2) is 5.04. The fourth-order valence-electron chi connectivity index (χ4n) is 1.59. The van der Waals surface area contributed by atoms with E-state index in [2.05, 4.69) is 16.7 Å². The highest BCUT2D eigenvalue weighted by molar-refractivity contribution is 5.65. The molecule has 2 aromatic carbocycles. The molecule has 0 atom stereocenters. The smallest absolute Gasteiger partial charge is 0.0992 e. The molecule has 0 radical (unpaired) electrons. The van der Waals surface area contributed by atoms with Crippen LogP contribution >= 0.6 is 0 Å². The van der Waals surface area contributed by atoms with Crippen molar-refractivity contribution >= 4 is 17.1 Å². The van der Waals surface area contributed by atoms with Crippen molar-refractivity contribution in [2.45, 2.75) is 0 Å². The number of rotatable bonds is 3. The lowest BCUT2D eigenvalue weighted by atomic mass is 10.2. The number of nitrogens with zero attached hydrogens (tertiary/aromatic N) is 1. The molecule has 2 aromatic rings. The lowest BCUT2D eigenvalue weighted by Crippen LogP contribution is -1.93. The summed E-state index contributed by atoms with van der Waals surface area (Å²) in [7, 11) is 1.88. The third-order valence-electron chi connectivity index (χ3n) is 2.43. The van der Waals surface area contributed by atoms with Crippen LogP contribution in [0.15, 0.2) is 48.5 Å². The third kappa shape index (κ3) is 2.76. The maximum atomic E-state index is 8.82. The van der Waals surface area contributed by atoms with Gasteiger partial charge in [0.05, 0.1) is 11.6 Å². The molecule has 84 valence electrons. The average Bonchev–Trinajstić information content (AvgIpc) is 2.39. The van der Waals surface area contributed by atoms with Crippen LogP contribution in [0.2, 0.25) is 0 Å². The van der Waals surface area contributed by atoms with Crippen molar-refractivity contribution in [3.05, 3.63) is 54.1 Å². The van der Waals surface area contributed by atoms with Crippen molar-refractivity contribution in [1.82, 2.24) is 0 Å². The summed E-state index contributed by atoms with van der Waals surface area (Å²) in [5.74, 6) is 0. The van der Waals surface area contributed by atoms with E-state index in [9.17, 15) is 0 Å². The molecule has 3 heteroatoms. The zero-order valence-electron chi connectivity index (χ0n) is 9.57. The van der Waals surface area contributed by atoms with Gasteiger partial charge in [0.2, 0.25) is 0 Å². The molecule has 0 aliphatic rings. The lowest BCUT2D eigenvalue weighted by Gasteiger charge is -2.08. The monoisotopic (exact) mass is 223 g/mol. The molecule has 0 spiro atoms. The zero-order chi connectivity index (χ0) is 12.1. The SMILES string of the molecule is CNc1cccc(Nc2cccc(C#N)c2)c1. The minimum Gasteiger partial charge on any atom is -0.388 e. The van der Waals surface area contributed by atoms with E-state index in [1.807, 2.05) is 49.5 Å². The second-order valence-corrected chi connectivity index (χ2v) is 3.65. The Hall–Kier alpha value is -2.47. The molecule has 0 unspecified atom stereocenters. The van der Waals surface area contributed by atoms with Gasteiger partial charge in [-0.15, -0.1) is 0 Å². The largest absolute Gasteiger partial charge is 0.388 e. The van der Waals surface area contributed by atoms with Crippen LogP contribution in [0, 0.1) is 11.3 Å². The number of nitriles is 1. The Morgan fingerprint density at radius 2 is 1.59 bits per heavy atom. The van der Waals surface area contributed by atoms with Crippen molar-refractivity contribution in [2.24, 2.45) is 0 Å². The van der Waals surface area contributed by atoms with Gasteiger partial charge in [-0.25, -0.2) is 0 Å². The summed E-state index contributed by atoms with van der Waals surface area (Å²) in [6.45, 7) is 0. The molecule has 0 aliphatic carbocycles. The third-order valence-corrected chi connectivity index (χ3v) is 2.43. The van der Waals surface area contributed by atoms with Gasteiger partial charge < -0.3 is 10.6 Å². The Balaban J connectivity index is 2.22. The normalized spacial score (nSPS) is 9.41. The summed E-state index contributed by atoms with van der Waals surface area (Å²) in [5.41, 5.74) is 3.61. The van der Waals surface area contributed by atoms with Crippen LogP contribution in [0.4, 0.5) is 17.1 Å². The standard InChI is InChI=1S/C14H13N3/c1-16-12-5-3-7-14(9-12)17-13-6-2-4-11(8-13)10-15/h2-9,16-17H,1H3. The van der Waals surface area contributed by atoms with E-state index >= 15 is 0 Å². The van der Waals surface area contributed by atoms with Gasteiger partial charge in [-0.1, -0.05) is 12.1 Å². The van der Waals surface area contributed by atoms with E-state index in [1.54, 1.807) is 6.07 Å². The van der Waals surface area contributed by atoms with Crippen molar-refractivity contribution in [1.29, 1.82) is 5.26 Å². The van der Waals surface area contributed by atoms with Gasteiger partial charge in [0.15, 0.2) is 0 Å². The van der Waals surface area contributed by atoms with E-state index in [1.165, 1.54) is 0 Å². The first-order valence-electron chi connectivity index (χ1n) is 5.37. The highest BCUT2D eigenvalue weighted by atomic mass is 14.9. The van der Waals surface area contributed by atoms with E-state index in [4.69, 9.17) is 5.26 Å². The van der Waals surface area contributed by atoms with E-state index in [0.717, 1.165) is 17.1 Å². The molecule has 2 rings (SSSR count). The van der Waals surface area contributed by atoms with Crippen molar-refractivity contribution in [2.75, 3.05) is 17.7 Å². The van der Waals surface area contributed by atoms with Gasteiger partial charge in [0.25, 0.3) is 0 Å². The van der Waals surface area contributed by atoms with Crippen LogP contribution in [0.5, 0.6) is 0 Å². The molecule has 0 saturated heterocycles. The zero-order valence-corrected chi connectivity index (χ0v) is 9.57. The molecule has 0 aromatic heterocycles. The Kier molecular flexibility index (Phi) is 3.27. The van der Waals surface area contributed by atoms with Crippen LogP contribution in [0.3, 0.4) is 0 Å². The topological polar surface area (TPSA) is 47.8 Å². The van der Waals surface area contributed by atoms with Crippen LogP contribution in [0.1, 0.15) is 5.56 Å². The number of benzene rings is 2. The van der Waals surface area contributed by atoms with Crippen LogP contribution < -0.4 is 10.6 Å². The van der Waals surface area contributed by atoms with Gasteiger partial charge in [0.1, 0.15) is 0 Å². The maximum Gasteiger partial charge on any atom is 0.0992 e. The summed E-state index contributed by atoms with van der Waals surface area (Å²) in [6, 6.07) is 17.5. The summed E-state index contributed by atoms with van der Waals surface area (Å²) in [4.78, 5) is 0. The Bertz CT molecular complexity index is 555. The number of hydrogen-bond acceptors (Lipinski definition) is 3. The van der Waals surface area contributed by atoms with E-state index in [-0.39, 0.29) is 0 Å². The van der Waals surface area contributed by atoms with Gasteiger partial charge in [-0.2, -0.15) is 5.26 Å². The maximum absolute atomic E-state index is 8.82. The van der Waals surface area contributed by atoms with Crippen LogP contribution in [0.25, 0.3) is 0 Å². The first-order chi connectivity index (χ1) is 8.31. The number of nitrogens with one attached hydrogen (secondary N) is 2. The molecular formula is C14H13N3. The summed E-state index contributed by atoms with van der Waals surface area (Å²) < 4.78 is 0. The van der Waals surface area contributed by atoms with E-state index in [0.29, 0.717) is 5.56 Å². The summed E-state index contributed by atoms with van der Waals surface area (Å²) in [6.07, 6.45) is 0. The Labute approximate surface area is 101 Å². The van der Waals surface area contributed by atoms with Crippen molar-refractivity contribution in [3.8, 4) is 6.07 Å². The van der Waals surface area contributed by atoms with Crippen molar-refractivity contribution in [3.63, 3.8) is 0 Å². The predicted octanol–water partition coefficient (Wildman–Crippen LogP) is 3.34. The van der Waals surface area contributed by atoms with Gasteiger partial charge in [-0.05, 0) is 36.4 Å². The summed E-state index contributed by atoms with van der Waals surface area (Å²) in [5, 5.41) is 15.2. The molecule has 17 heavy (non-hydrogen) atoms. The van der Waals surface area contributed by atoms with Gasteiger partial charge >= 0.3 is 0 Å². The fourth-order valence-corrected chi connectivity index (χ4v) is 1.59. The van der Waals surface area contributed by atoms with Crippen LogP contribution in [-0.4, -0.2) is 7.05 Å².